The van der Waals surface area contributed by atoms with Crippen molar-refractivity contribution in [3.8, 4) is 0 Å². The van der Waals surface area contributed by atoms with E-state index in [1.54, 1.807) is 0 Å². The van der Waals surface area contributed by atoms with Gasteiger partial charge in [0.25, 0.3) is 0 Å². The number of thiocarbonyl (C=S) groups is 1. The molecule has 1 aliphatic carbocycles. The molecule has 1 N–H and O–H groups in total. The molecular weight excluding hydrogens is 362 g/mol. The third-order valence-corrected chi connectivity index (χ3v) is 5.63. The fourth-order valence-electron chi connectivity index (χ4n) is 3.60. The van der Waals surface area contributed by atoms with Gasteiger partial charge in [0.2, 0.25) is 0 Å². The first-order valence-corrected chi connectivity index (χ1v) is 10.0. The highest BCUT2D eigenvalue weighted by molar-refractivity contribution is 7.80. The van der Waals surface area contributed by atoms with Gasteiger partial charge in [-0.25, -0.2) is 0 Å². The summed E-state index contributed by atoms with van der Waals surface area (Å²) >= 11 is 5.45. The van der Waals surface area contributed by atoms with Crippen molar-refractivity contribution >= 4 is 23.0 Å². The largest absolute Gasteiger partial charge is 0.375 e. The third kappa shape index (κ3) is 4.22. The molecule has 0 spiro atoms. The van der Waals surface area contributed by atoms with E-state index in [2.05, 4.69) is 37.2 Å². The second kappa shape index (κ2) is 8.97. The van der Waals surface area contributed by atoms with Crippen molar-refractivity contribution in [2.24, 2.45) is 5.92 Å². The second-order valence-corrected chi connectivity index (χ2v) is 7.46. The summed E-state index contributed by atoms with van der Waals surface area (Å²) in [6.45, 7) is 10.5. The van der Waals surface area contributed by atoms with Crippen LogP contribution in [0.15, 0.2) is 89.8 Å². The molecule has 1 saturated heterocycles. The van der Waals surface area contributed by atoms with E-state index < -0.39 is 0 Å². The minimum Gasteiger partial charge on any atom is -0.375 e. The SMILES string of the molecule is C=C=C1/C(=C/C2=CC(C(=O)c3ccc(CC)cc3)=CC2)CNC(=S)C1CC=C. The molecule has 3 heteroatoms. The molecule has 1 aromatic carbocycles. The molecule has 0 amide bonds. The van der Waals surface area contributed by atoms with E-state index in [-0.39, 0.29) is 11.7 Å². The average molecular weight is 388 g/mol. The summed E-state index contributed by atoms with van der Waals surface area (Å²) in [6, 6.07) is 7.87. The number of ketones is 1. The molecular formula is C25H25NOS. The van der Waals surface area contributed by atoms with Gasteiger partial charge in [0.15, 0.2) is 5.78 Å². The van der Waals surface area contributed by atoms with Crippen molar-refractivity contribution in [1.82, 2.24) is 5.32 Å². The van der Waals surface area contributed by atoms with Gasteiger partial charge in [-0.2, -0.15) is 0 Å². The highest BCUT2D eigenvalue weighted by Gasteiger charge is 2.26. The number of aryl methyl sites for hydroxylation is 1. The number of allylic oxidation sites excluding steroid dienone is 6. The van der Waals surface area contributed by atoms with Gasteiger partial charge in [0.1, 0.15) is 0 Å². The average Bonchev–Trinajstić information content (AvgIpc) is 3.19. The standard InChI is InChI=1S/C25H25NOS/c1-4-7-23-22(6-3)21(16-26-25(23)28)15-18-10-13-20(14-18)24(27)19-11-8-17(5-2)9-12-19/h4,8-9,11-15,23H,1,3,5,7,10,16H2,2H3,(H,26,28)/b21-15+. The number of Topliss-reactive ketones (excluding diaryl/α,β-unsaturated/α-hetero) is 1. The number of carbonyl (C=O) groups is 1. The Morgan fingerprint density at radius 1 is 1.36 bits per heavy atom. The Morgan fingerprint density at radius 3 is 2.75 bits per heavy atom. The summed E-state index contributed by atoms with van der Waals surface area (Å²) < 4.78 is 0. The molecule has 0 radical (unpaired) electrons. The van der Waals surface area contributed by atoms with Crippen molar-refractivity contribution in [2.75, 3.05) is 6.54 Å². The molecule has 1 heterocycles. The van der Waals surface area contributed by atoms with Crippen molar-refractivity contribution in [2.45, 2.75) is 26.2 Å². The predicted octanol–water partition coefficient (Wildman–Crippen LogP) is 5.45. The van der Waals surface area contributed by atoms with Gasteiger partial charge in [-0.15, -0.1) is 12.3 Å². The van der Waals surface area contributed by atoms with Crippen LogP contribution in [0.2, 0.25) is 0 Å². The Morgan fingerprint density at radius 2 is 2.11 bits per heavy atom. The first kappa shape index (κ1) is 20.0. The molecule has 1 unspecified atom stereocenters. The number of carbonyl (C=O) groups excluding carboxylic acids is 1. The van der Waals surface area contributed by atoms with Crippen LogP contribution in [0.3, 0.4) is 0 Å². The fraction of sp³-hybridized carbons (Fsp3) is 0.240. The van der Waals surface area contributed by atoms with Crippen LogP contribution in [0.5, 0.6) is 0 Å². The maximum absolute atomic E-state index is 12.8. The lowest BCUT2D eigenvalue weighted by molar-refractivity contribution is 0.103. The maximum atomic E-state index is 12.8. The van der Waals surface area contributed by atoms with Crippen LogP contribution in [-0.2, 0) is 6.42 Å². The van der Waals surface area contributed by atoms with Gasteiger partial charge >= 0.3 is 0 Å². The van der Waals surface area contributed by atoms with Crippen LogP contribution >= 0.6 is 12.2 Å². The van der Waals surface area contributed by atoms with Crippen LogP contribution in [0.25, 0.3) is 0 Å². The molecule has 0 aromatic heterocycles. The maximum Gasteiger partial charge on any atom is 0.192 e. The van der Waals surface area contributed by atoms with E-state index in [1.807, 2.05) is 42.5 Å². The summed E-state index contributed by atoms with van der Waals surface area (Å²) in [5, 5.41) is 3.29. The monoisotopic (exact) mass is 387 g/mol. The lowest BCUT2D eigenvalue weighted by Crippen LogP contribution is -2.37. The summed E-state index contributed by atoms with van der Waals surface area (Å²) in [7, 11) is 0. The first-order valence-electron chi connectivity index (χ1n) is 9.61. The zero-order valence-corrected chi connectivity index (χ0v) is 17.1. The number of hydrogen-bond acceptors (Lipinski definition) is 2. The number of rotatable bonds is 6. The van der Waals surface area contributed by atoms with E-state index in [0.717, 1.165) is 52.1 Å². The van der Waals surface area contributed by atoms with Crippen LogP contribution in [-0.4, -0.2) is 17.3 Å². The van der Waals surface area contributed by atoms with Gasteiger partial charge in [-0.05, 0) is 42.0 Å². The molecule has 3 rings (SSSR count). The Kier molecular flexibility index (Phi) is 6.41. The number of piperidine rings is 1. The molecule has 28 heavy (non-hydrogen) atoms. The summed E-state index contributed by atoms with van der Waals surface area (Å²) in [4.78, 5) is 13.6. The van der Waals surface area contributed by atoms with Gasteiger partial charge in [-0.3, -0.25) is 4.79 Å². The third-order valence-electron chi connectivity index (χ3n) is 5.20. The topological polar surface area (TPSA) is 29.1 Å². The van der Waals surface area contributed by atoms with E-state index >= 15 is 0 Å². The molecule has 1 atom stereocenters. The normalized spacial score (nSPS) is 20.3. The van der Waals surface area contributed by atoms with E-state index in [9.17, 15) is 4.79 Å². The van der Waals surface area contributed by atoms with Crippen LogP contribution in [0, 0.1) is 5.92 Å². The molecule has 0 saturated carbocycles. The van der Waals surface area contributed by atoms with Crippen molar-refractivity contribution in [3.05, 3.63) is 101 Å². The number of hydrogen-bond donors (Lipinski definition) is 1. The summed E-state index contributed by atoms with van der Waals surface area (Å²) in [5.74, 6) is 0.140. The van der Waals surface area contributed by atoms with Crippen molar-refractivity contribution in [1.29, 1.82) is 0 Å². The van der Waals surface area contributed by atoms with Gasteiger partial charge < -0.3 is 5.32 Å². The van der Waals surface area contributed by atoms with Gasteiger partial charge in [-0.1, -0.05) is 68.2 Å². The minimum absolute atomic E-state index is 0.0677. The molecule has 0 bridgehead atoms. The summed E-state index contributed by atoms with van der Waals surface area (Å²) in [6.07, 6.45) is 10.5. The summed E-state index contributed by atoms with van der Waals surface area (Å²) in [5.41, 5.74) is 9.06. The van der Waals surface area contributed by atoms with Crippen molar-refractivity contribution < 1.29 is 4.79 Å². The van der Waals surface area contributed by atoms with Gasteiger partial charge in [0, 0.05) is 29.2 Å². The molecule has 1 aromatic rings. The zero-order valence-electron chi connectivity index (χ0n) is 16.3. The Balaban J connectivity index is 1.80. The van der Waals surface area contributed by atoms with E-state index in [4.69, 9.17) is 12.2 Å². The predicted molar refractivity (Wildman–Crippen MR) is 121 cm³/mol. The van der Waals surface area contributed by atoms with Crippen LogP contribution < -0.4 is 5.32 Å². The molecule has 1 aliphatic heterocycles. The number of benzene rings is 1. The number of nitrogens with one attached hydrogen (secondary N) is 1. The Hall–Kier alpha value is -2.74. The van der Waals surface area contributed by atoms with E-state index in [0.29, 0.717) is 6.54 Å². The molecule has 1 fully saturated rings. The molecule has 2 aliphatic rings. The molecule has 142 valence electrons. The van der Waals surface area contributed by atoms with E-state index in [1.165, 1.54) is 5.56 Å². The zero-order chi connectivity index (χ0) is 20.1. The minimum atomic E-state index is 0.0677. The van der Waals surface area contributed by atoms with Crippen LogP contribution in [0.4, 0.5) is 0 Å². The fourth-order valence-corrected chi connectivity index (χ4v) is 3.89. The Labute approximate surface area is 172 Å². The smallest absolute Gasteiger partial charge is 0.192 e. The lowest BCUT2D eigenvalue weighted by atomic mass is 9.86. The quantitative estimate of drug-likeness (QED) is 0.305. The van der Waals surface area contributed by atoms with Crippen molar-refractivity contribution in [3.63, 3.8) is 0 Å². The Bertz CT molecular complexity index is 953. The highest BCUT2D eigenvalue weighted by atomic mass is 32.1. The van der Waals surface area contributed by atoms with Gasteiger partial charge in [0.05, 0.1) is 4.99 Å². The lowest BCUT2D eigenvalue weighted by Gasteiger charge is -2.28. The van der Waals surface area contributed by atoms with Crippen LogP contribution in [0.1, 0.15) is 35.7 Å². The molecule has 2 nitrogen and oxygen atoms in total. The highest BCUT2D eigenvalue weighted by Crippen LogP contribution is 2.30. The first-order chi connectivity index (χ1) is 13.6. The second-order valence-electron chi connectivity index (χ2n) is 7.02.